The summed E-state index contributed by atoms with van der Waals surface area (Å²) >= 11 is 6.63. The summed E-state index contributed by atoms with van der Waals surface area (Å²) in [5.74, 6) is -0.769. The van der Waals surface area contributed by atoms with Gasteiger partial charge in [-0.2, -0.15) is 0 Å². The first kappa shape index (κ1) is 35.2. The highest BCUT2D eigenvalue weighted by molar-refractivity contribution is 7.92. The summed E-state index contributed by atoms with van der Waals surface area (Å²) < 4.78 is 29.9. The first-order valence-electron chi connectivity index (χ1n) is 16.6. The fourth-order valence-electron chi connectivity index (χ4n) is 6.37. The summed E-state index contributed by atoms with van der Waals surface area (Å²) in [6.45, 7) is 5.19. The molecule has 1 atom stereocenters. The Morgan fingerprint density at radius 2 is 1.44 bits per heavy atom. The zero-order valence-corrected chi connectivity index (χ0v) is 29.4. The van der Waals surface area contributed by atoms with Crippen molar-refractivity contribution in [2.24, 2.45) is 0 Å². The van der Waals surface area contributed by atoms with Gasteiger partial charge < -0.3 is 10.2 Å². The molecule has 4 aromatic carbocycles. The lowest BCUT2D eigenvalue weighted by Crippen LogP contribution is -2.55. The summed E-state index contributed by atoms with van der Waals surface area (Å²) in [6, 6.07) is 28.0. The summed E-state index contributed by atoms with van der Waals surface area (Å²) in [4.78, 5) is 30.6. The third-order valence-corrected chi connectivity index (χ3v) is 11.1. The molecule has 2 amide bonds. The number of aryl methyl sites for hydroxylation is 3. The van der Waals surface area contributed by atoms with E-state index in [2.05, 4.69) is 5.32 Å². The van der Waals surface area contributed by atoms with E-state index in [1.165, 1.54) is 4.90 Å². The number of anilines is 1. The monoisotopic (exact) mass is 685 g/mol. The molecule has 0 radical (unpaired) electrons. The maximum atomic E-state index is 14.8. The van der Waals surface area contributed by atoms with Crippen LogP contribution in [-0.4, -0.2) is 43.8 Å². The number of benzene rings is 4. The molecule has 252 valence electrons. The average molecular weight is 686 g/mol. The number of hydrogen-bond donors (Lipinski definition) is 1. The van der Waals surface area contributed by atoms with Crippen LogP contribution >= 0.6 is 11.6 Å². The van der Waals surface area contributed by atoms with Crippen molar-refractivity contribution in [3.05, 3.63) is 130 Å². The van der Waals surface area contributed by atoms with E-state index in [1.54, 1.807) is 42.5 Å². The molecule has 0 aromatic heterocycles. The highest BCUT2D eigenvalue weighted by Gasteiger charge is 2.35. The third kappa shape index (κ3) is 8.85. The number of nitrogens with one attached hydrogen (secondary N) is 1. The summed E-state index contributed by atoms with van der Waals surface area (Å²) in [5, 5.41) is 3.70. The van der Waals surface area contributed by atoms with Crippen molar-refractivity contribution in [3.8, 4) is 0 Å². The molecule has 9 heteroatoms. The smallest absolute Gasteiger partial charge is 0.264 e. The number of amides is 2. The largest absolute Gasteiger partial charge is 0.352 e. The number of halogens is 1. The fraction of sp³-hybridized carbons (Fsp3) is 0.333. The van der Waals surface area contributed by atoms with Crippen molar-refractivity contribution in [2.45, 2.75) is 82.8 Å². The molecule has 0 aliphatic heterocycles. The van der Waals surface area contributed by atoms with E-state index in [1.807, 2.05) is 75.4 Å². The maximum Gasteiger partial charge on any atom is 0.264 e. The van der Waals surface area contributed by atoms with Gasteiger partial charge in [0.1, 0.15) is 12.6 Å². The van der Waals surface area contributed by atoms with Crippen molar-refractivity contribution in [1.82, 2.24) is 10.2 Å². The molecule has 1 saturated carbocycles. The normalized spacial score (nSPS) is 14.2. The summed E-state index contributed by atoms with van der Waals surface area (Å²) in [6.07, 6.45) is 5.25. The number of nitrogens with zero attached hydrogens (tertiary/aromatic N) is 2. The van der Waals surface area contributed by atoms with Crippen molar-refractivity contribution >= 4 is 39.1 Å². The molecule has 1 unspecified atom stereocenters. The van der Waals surface area contributed by atoms with Crippen LogP contribution in [0.4, 0.5) is 5.69 Å². The van der Waals surface area contributed by atoms with Gasteiger partial charge in [-0.15, -0.1) is 0 Å². The van der Waals surface area contributed by atoms with Gasteiger partial charge in [-0.3, -0.25) is 13.9 Å². The third-order valence-electron chi connectivity index (χ3n) is 8.90. The van der Waals surface area contributed by atoms with Gasteiger partial charge in [0.05, 0.1) is 10.6 Å². The van der Waals surface area contributed by atoms with Gasteiger partial charge in [0.2, 0.25) is 11.8 Å². The second kappa shape index (κ2) is 15.8. The van der Waals surface area contributed by atoms with E-state index >= 15 is 0 Å². The van der Waals surface area contributed by atoms with Crippen molar-refractivity contribution in [1.29, 1.82) is 0 Å². The lowest BCUT2D eigenvalue weighted by atomic mass is 9.94. The molecule has 5 rings (SSSR count). The minimum atomic E-state index is -4.18. The fourth-order valence-corrected chi connectivity index (χ4v) is 7.96. The maximum absolute atomic E-state index is 14.8. The number of carbonyl (C=O) groups excluding carboxylic acids is 2. The van der Waals surface area contributed by atoms with Crippen LogP contribution in [0.1, 0.15) is 59.9 Å². The molecule has 0 saturated heterocycles. The zero-order valence-electron chi connectivity index (χ0n) is 27.9. The summed E-state index contributed by atoms with van der Waals surface area (Å²) in [5.41, 5.74) is 4.57. The first-order chi connectivity index (χ1) is 23.0. The Hall–Kier alpha value is -4.14. The van der Waals surface area contributed by atoms with Gasteiger partial charge in [-0.25, -0.2) is 8.42 Å². The average Bonchev–Trinajstić information content (AvgIpc) is 3.06. The Bertz CT molecular complexity index is 1800. The van der Waals surface area contributed by atoms with Crippen LogP contribution in [-0.2, 0) is 32.6 Å². The van der Waals surface area contributed by atoms with Crippen LogP contribution < -0.4 is 9.62 Å². The van der Waals surface area contributed by atoms with Gasteiger partial charge in [0.25, 0.3) is 10.0 Å². The molecule has 1 N–H and O–H groups in total. The van der Waals surface area contributed by atoms with E-state index in [9.17, 15) is 18.0 Å². The van der Waals surface area contributed by atoms with Crippen LogP contribution in [0.15, 0.2) is 102 Å². The van der Waals surface area contributed by atoms with Gasteiger partial charge >= 0.3 is 0 Å². The zero-order chi connectivity index (χ0) is 34.3. The molecule has 0 heterocycles. The number of rotatable bonds is 12. The number of carbonyl (C=O) groups is 2. The Balaban J connectivity index is 1.59. The van der Waals surface area contributed by atoms with Crippen LogP contribution in [0, 0.1) is 20.8 Å². The minimum Gasteiger partial charge on any atom is -0.352 e. The van der Waals surface area contributed by atoms with Crippen LogP contribution in [0.3, 0.4) is 0 Å². The standard InChI is InChI=1S/C39H44ClN3O4S/c1-28-18-20-35(21-19-28)48(46,47)43(34-23-29(2)22-30(3)24-34)27-38(44)42(26-32-14-10-11-17-36(32)40)37(25-31-12-6-4-7-13-31)39(45)41-33-15-8-5-9-16-33/h4,6-7,10-14,17-24,33,37H,5,8-9,15-16,25-27H2,1-3H3,(H,41,45). The molecular weight excluding hydrogens is 642 g/mol. The SMILES string of the molecule is Cc1ccc(S(=O)(=O)N(CC(=O)N(Cc2ccccc2Cl)C(Cc2ccccc2)C(=O)NC2CCCCC2)c2cc(C)cc(C)c2)cc1. The molecule has 7 nitrogen and oxygen atoms in total. The predicted octanol–water partition coefficient (Wildman–Crippen LogP) is 7.55. The molecule has 1 aliphatic carbocycles. The minimum absolute atomic E-state index is 0.0236. The second-order valence-corrected chi connectivity index (χ2v) is 15.1. The lowest BCUT2D eigenvalue weighted by Gasteiger charge is -2.35. The predicted molar refractivity (Wildman–Crippen MR) is 193 cm³/mol. The molecule has 4 aromatic rings. The van der Waals surface area contributed by atoms with Crippen LogP contribution in [0.5, 0.6) is 0 Å². The van der Waals surface area contributed by atoms with Crippen molar-refractivity contribution in [3.63, 3.8) is 0 Å². The quantitative estimate of drug-likeness (QED) is 0.167. The van der Waals surface area contributed by atoms with Gasteiger partial charge in [0, 0.05) is 24.0 Å². The lowest BCUT2D eigenvalue weighted by molar-refractivity contribution is -0.140. The van der Waals surface area contributed by atoms with E-state index in [4.69, 9.17) is 11.6 Å². The Morgan fingerprint density at radius 3 is 2.08 bits per heavy atom. The summed E-state index contributed by atoms with van der Waals surface area (Å²) in [7, 11) is -4.18. The second-order valence-electron chi connectivity index (χ2n) is 12.8. The Labute approximate surface area is 290 Å². The van der Waals surface area contributed by atoms with E-state index in [0.717, 1.165) is 58.7 Å². The first-order valence-corrected chi connectivity index (χ1v) is 18.4. The molecule has 0 spiro atoms. The number of hydrogen-bond acceptors (Lipinski definition) is 4. The molecule has 48 heavy (non-hydrogen) atoms. The van der Waals surface area contributed by atoms with E-state index in [-0.39, 0.29) is 29.8 Å². The topological polar surface area (TPSA) is 86.8 Å². The molecular formula is C39H44ClN3O4S. The van der Waals surface area contributed by atoms with Crippen LogP contribution in [0.25, 0.3) is 0 Å². The van der Waals surface area contributed by atoms with Crippen LogP contribution in [0.2, 0.25) is 5.02 Å². The van der Waals surface area contributed by atoms with E-state index < -0.39 is 28.5 Å². The molecule has 1 aliphatic rings. The van der Waals surface area contributed by atoms with Gasteiger partial charge in [-0.05, 0) is 86.2 Å². The van der Waals surface area contributed by atoms with E-state index in [0.29, 0.717) is 16.3 Å². The van der Waals surface area contributed by atoms with Gasteiger partial charge in [-0.1, -0.05) is 103 Å². The Kier molecular flexibility index (Phi) is 11.6. The highest BCUT2D eigenvalue weighted by atomic mass is 35.5. The number of sulfonamides is 1. The van der Waals surface area contributed by atoms with Gasteiger partial charge in [0.15, 0.2) is 0 Å². The van der Waals surface area contributed by atoms with Crippen molar-refractivity contribution in [2.75, 3.05) is 10.8 Å². The van der Waals surface area contributed by atoms with Crippen molar-refractivity contribution < 1.29 is 18.0 Å². The highest BCUT2D eigenvalue weighted by Crippen LogP contribution is 2.28. The molecule has 0 bridgehead atoms. The Morgan fingerprint density at radius 1 is 0.812 bits per heavy atom. The molecule has 1 fully saturated rings.